The Hall–Kier alpha value is -1.36. The van der Waals surface area contributed by atoms with Crippen molar-refractivity contribution < 1.29 is 13.2 Å². The van der Waals surface area contributed by atoms with Crippen LogP contribution in [-0.2, 0) is 25.8 Å². The first-order chi connectivity index (χ1) is 12.0. The zero-order chi connectivity index (χ0) is 19.5. The maximum atomic E-state index is 12.6. The number of amides is 1. The lowest BCUT2D eigenvalue weighted by Crippen LogP contribution is -2.36. The second-order valence-corrected chi connectivity index (χ2v) is 10.8. The summed E-state index contributed by atoms with van der Waals surface area (Å²) in [6.07, 6.45) is 3.31. The molecule has 1 fully saturated rings. The van der Waals surface area contributed by atoms with Crippen LogP contribution in [0, 0.1) is 13.8 Å². The zero-order valence-electron chi connectivity index (χ0n) is 16.9. The van der Waals surface area contributed by atoms with Gasteiger partial charge in [0.1, 0.15) is 0 Å². The van der Waals surface area contributed by atoms with Gasteiger partial charge in [-0.25, -0.2) is 8.42 Å². The van der Waals surface area contributed by atoms with Crippen LogP contribution in [0.4, 0.5) is 0 Å². The third-order valence-corrected chi connectivity index (χ3v) is 6.82. The Labute approximate surface area is 158 Å². The van der Waals surface area contributed by atoms with Gasteiger partial charge in [0.25, 0.3) is 0 Å². The van der Waals surface area contributed by atoms with Crippen LogP contribution < -0.4 is 0 Å². The average Bonchev–Trinajstić information content (AvgIpc) is 2.56. The van der Waals surface area contributed by atoms with E-state index in [9.17, 15) is 13.2 Å². The third kappa shape index (κ3) is 5.57. The number of hydrogen-bond acceptors (Lipinski definition) is 3. The van der Waals surface area contributed by atoms with Gasteiger partial charge >= 0.3 is 0 Å². The number of carbonyl (C=O) groups excluding carboxylic acids is 1. The van der Waals surface area contributed by atoms with Crippen LogP contribution in [0.1, 0.15) is 68.7 Å². The zero-order valence-corrected chi connectivity index (χ0v) is 17.7. The van der Waals surface area contributed by atoms with Gasteiger partial charge < -0.3 is 4.90 Å². The molecule has 1 heterocycles. The molecule has 0 unspecified atom stereocenters. The fourth-order valence-corrected chi connectivity index (χ4v) is 5.02. The number of carbonyl (C=O) groups is 1. The second-order valence-electron chi connectivity index (χ2n) is 8.62. The maximum absolute atomic E-state index is 12.6. The molecular formula is C21H33NO3S. The Morgan fingerprint density at radius 3 is 2.08 bits per heavy atom. The van der Waals surface area contributed by atoms with E-state index in [0.717, 1.165) is 49.0 Å². The summed E-state index contributed by atoms with van der Waals surface area (Å²) >= 11 is 0. The molecule has 1 amide bonds. The SMILES string of the molecule is Cc1cc(C(C)(C)C)cc(C)c1CS(=O)(=O)CCC(=O)N1CCCCC1. The van der Waals surface area contributed by atoms with Crippen molar-refractivity contribution in [3.05, 3.63) is 34.4 Å². The summed E-state index contributed by atoms with van der Waals surface area (Å²) in [6.45, 7) is 12.0. The van der Waals surface area contributed by atoms with Gasteiger partial charge in [-0.3, -0.25) is 4.79 Å². The van der Waals surface area contributed by atoms with Gasteiger partial charge in [-0.1, -0.05) is 32.9 Å². The van der Waals surface area contributed by atoms with Crippen molar-refractivity contribution in [3.8, 4) is 0 Å². The van der Waals surface area contributed by atoms with Crippen LogP contribution in [-0.4, -0.2) is 38.1 Å². The van der Waals surface area contributed by atoms with Crippen LogP contribution in [0.2, 0.25) is 0 Å². The molecule has 146 valence electrons. The van der Waals surface area contributed by atoms with E-state index in [2.05, 4.69) is 32.9 Å². The molecule has 1 aliphatic rings. The molecule has 0 bridgehead atoms. The highest BCUT2D eigenvalue weighted by atomic mass is 32.2. The van der Waals surface area contributed by atoms with E-state index in [1.807, 2.05) is 18.7 Å². The summed E-state index contributed by atoms with van der Waals surface area (Å²) in [6, 6.07) is 4.19. The minimum absolute atomic E-state index is 0.0162. The van der Waals surface area contributed by atoms with E-state index >= 15 is 0 Å². The van der Waals surface area contributed by atoms with Gasteiger partial charge in [0.15, 0.2) is 9.84 Å². The summed E-state index contributed by atoms with van der Waals surface area (Å²) in [5.41, 5.74) is 4.16. The van der Waals surface area contributed by atoms with Crippen molar-refractivity contribution in [2.75, 3.05) is 18.8 Å². The Morgan fingerprint density at radius 1 is 1.04 bits per heavy atom. The van der Waals surface area contributed by atoms with Gasteiger partial charge in [-0.2, -0.15) is 0 Å². The van der Waals surface area contributed by atoms with Crippen LogP contribution in [0.5, 0.6) is 0 Å². The molecule has 0 spiro atoms. The Bertz CT molecular complexity index is 731. The van der Waals surface area contributed by atoms with Crippen molar-refractivity contribution in [1.29, 1.82) is 0 Å². The number of sulfone groups is 1. The summed E-state index contributed by atoms with van der Waals surface area (Å²) in [4.78, 5) is 14.1. The van der Waals surface area contributed by atoms with Gasteiger partial charge in [0.05, 0.1) is 11.5 Å². The molecule has 0 saturated carbocycles. The summed E-state index contributed by atoms with van der Waals surface area (Å²) in [7, 11) is -3.31. The average molecular weight is 380 g/mol. The highest BCUT2D eigenvalue weighted by Gasteiger charge is 2.22. The van der Waals surface area contributed by atoms with Crippen molar-refractivity contribution >= 4 is 15.7 Å². The molecule has 0 aromatic heterocycles. The quantitative estimate of drug-likeness (QED) is 0.779. The fourth-order valence-electron chi connectivity index (χ4n) is 3.49. The van der Waals surface area contributed by atoms with E-state index in [-0.39, 0.29) is 29.2 Å². The first kappa shape index (κ1) is 20.9. The lowest BCUT2D eigenvalue weighted by molar-refractivity contribution is -0.131. The summed E-state index contributed by atoms with van der Waals surface area (Å²) < 4.78 is 25.2. The molecule has 0 atom stereocenters. The van der Waals surface area contributed by atoms with Crippen molar-refractivity contribution in [2.45, 2.75) is 71.5 Å². The summed E-state index contributed by atoms with van der Waals surface area (Å²) in [5, 5.41) is 0. The normalized spacial score (nSPS) is 16.0. The van der Waals surface area contributed by atoms with Gasteiger partial charge in [0.2, 0.25) is 5.91 Å². The second kappa shape index (κ2) is 8.12. The van der Waals surface area contributed by atoms with Crippen LogP contribution >= 0.6 is 0 Å². The van der Waals surface area contributed by atoms with Gasteiger partial charge in [-0.15, -0.1) is 0 Å². The smallest absolute Gasteiger partial charge is 0.223 e. The topological polar surface area (TPSA) is 54.5 Å². The van der Waals surface area contributed by atoms with Crippen LogP contribution in [0.15, 0.2) is 12.1 Å². The number of aryl methyl sites for hydroxylation is 2. The molecule has 5 heteroatoms. The number of likely N-dealkylation sites (tertiary alicyclic amines) is 1. The molecule has 0 aliphatic carbocycles. The number of piperidine rings is 1. The molecule has 26 heavy (non-hydrogen) atoms. The largest absolute Gasteiger partial charge is 0.343 e. The highest BCUT2D eigenvalue weighted by Crippen LogP contribution is 2.28. The molecule has 4 nitrogen and oxygen atoms in total. The standard InChI is InChI=1S/C21H33NO3S/c1-16-13-18(21(3,4)5)14-17(2)19(16)15-26(24,25)12-9-20(23)22-10-7-6-8-11-22/h13-14H,6-12,15H2,1-5H3. The lowest BCUT2D eigenvalue weighted by atomic mass is 9.84. The van der Waals surface area contributed by atoms with Crippen LogP contribution in [0.3, 0.4) is 0 Å². The minimum atomic E-state index is -3.31. The van der Waals surface area contributed by atoms with Crippen molar-refractivity contribution in [2.24, 2.45) is 0 Å². The maximum Gasteiger partial charge on any atom is 0.223 e. The van der Waals surface area contributed by atoms with E-state index in [0.29, 0.717) is 0 Å². The van der Waals surface area contributed by atoms with E-state index in [4.69, 9.17) is 0 Å². The molecule has 1 aromatic carbocycles. The lowest BCUT2D eigenvalue weighted by Gasteiger charge is -2.26. The Balaban J connectivity index is 2.05. The van der Waals surface area contributed by atoms with Crippen molar-refractivity contribution in [3.63, 3.8) is 0 Å². The molecule has 1 saturated heterocycles. The van der Waals surface area contributed by atoms with E-state index in [1.165, 1.54) is 5.56 Å². The first-order valence-electron chi connectivity index (χ1n) is 9.58. The number of hydrogen-bond donors (Lipinski definition) is 0. The highest BCUT2D eigenvalue weighted by molar-refractivity contribution is 7.90. The predicted molar refractivity (Wildman–Crippen MR) is 107 cm³/mol. The van der Waals surface area contributed by atoms with E-state index in [1.54, 1.807) is 0 Å². The minimum Gasteiger partial charge on any atom is -0.343 e. The molecule has 0 N–H and O–H groups in total. The number of rotatable bonds is 5. The predicted octanol–water partition coefficient (Wildman–Crippen LogP) is 3.92. The molecular weight excluding hydrogens is 346 g/mol. The van der Waals surface area contributed by atoms with Crippen LogP contribution in [0.25, 0.3) is 0 Å². The monoisotopic (exact) mass is 379 g/mol. The molecule has 0 radical (unpaired) electrons. The molecule has 1 aromatic rings. The van der Waals surface area contributed by atoms with Gasteiger partial charge in [-0.05, 0) is 60.8 Å². The first-order valence-corrected chi connectivity index (χ1v) is 11.4. The van der Waals surface area contributed by atoms with Crippen molar-refractivity contribution in [1.82, 2.24) is 4.90 Å². The Kier molecular flexibility index (Phi) is 6.54. The third-order valence-electron chi connectivity index (χ3n) is 5.26. The number of benzene rings is 1. The van der Waals surface area contributed by atoms with E-state index < -0.39 is 9.84 Å². The summed E-state index contributed by atoms with van der Waals surface area (Å²) in [5.74, 6) is -0.0743. The fraction of sp³-hybridized carbons (Fsp3) is 0.667. The Morgan fingerprint density at radius 2 is 1.58 bits per heavy atom. The van der Waals surface area contributed by atoms with Gasteiger partial charge in [0, 0.05) is 19.5 Å². The number of nitrogens with zero attached hydrogens (tertiary/aromatic N) is 1. The molecule has 1 aliphatic heterocycles. The molecule has 2 rings (SSSR count).